The number of amides is 2. The number of hydrogen-bond donors (Lipinski definition) is 2. The summed E-state index contributed by atoms with van der Waals surface area (Å²) < 4.78 is 1.21. The van der Waals surface area contributed by atoms with E-state index in [0.29, 0.717) is 19.0 Å². The zero-order valence-electron chi connectivity index (χ0n) is 17.0. The monoisotopic (exact) mass is 403 g/mol. The Labute approximate surface area is 170 Å². The molecule has 28 heavy (non-hydrogen) atoms. The molecule has 2 heterocycles. The van der Waals surface area contributed by atoms with Gasteiger partial charge in [0.05, 0.1) is 21.8 Å². The van der Waals surface area contributed by atoms with Crippen LogP contribution in [0.1, 0.15) is 44.5 Å². The Bertz CT molecular complexity index is 787. The summed E-state index contributed by atoms with van der Waals surface area (Å²) in [4.78, 5) is 32.7. The summed E-state index contributed by atoms with van der Waals surface area (Å²) in [6.45, 7) is 8.92. The number of thiazole rings is 1. The maximum absolute atomic E-state index is 12.9. The lowest BCUT2D eigenvalue weighted by atomic mass is 9.98. The van der Waals surface area contributed by atoms with Gasteiger partial charge in [-0.05, 0) is 45.7 Å². The number of carbonyl (C=O) groups excluding carboxylic acids is 2. The molecule has 1 fully saturated rings. The molecule has 2 amide bonds. The molecule has 0 radical (unpaired) electrons. The van der Waals surface area contributed by atoms with E-state index in [9.17, 15) is 9.59 Å². The molecule has 1 saturated heterocycles. The molecule has 0 spiro atoms. The van der Waals surface area contributed by atoms with Crippen molar-refractivity contribution in [1.82, 2.24) is 15.2 Å². The van der Waals surface area contributed by atoms with E-state index < -0.39 is 0 Å². The van der Waals surface area contributed by atoms with Crippen molar-refractivity contribution in [3.05, 3.63) is 29.3 Å². The normalized spacial score (nSPS) is 18.4. The first-order chi connectivity index (χ1) is 13.5. The molecule has 1 aromatic heterocycles. The van der Waals surface area contributed by atoms with Crippen LogP contribution < -0.4 is 10.2 Å². The number of aromatic nitrogens is 1. The molecule has 1 aliphatic heterocycles. The molecule has 0 aliphatic carbocycles. The number of hydrogen-bond acceptors (Lipinski definition) is 4. The van der Waals surface area contributed by atoms with E-state index in [1.165, 1.54) is 4.70 Å². The van der Waals surface area contributed by atoms with E-state index in [4.69, 9.17) is 4.98 Å². The lowest BCUT2D eigenvalue weighted by Crippen LogP contribution is -3.14. The predicted octanol–water partition coefficient (Wildman–Crippen LogP) is 1.43. The summed E-state index contributed by atoms with van der Waals surface area (Å²) in [7, 11) is 0. The fraction of sp³-hybridized carbons (Fsp3) is 0.571. The van der Waals surface area contributed by atoms with Crippen LogP contribution in [0.25, 0.3) is 10.2 Å². The van der Waals surface area contributed by atoms with Crippen molar-refractivity contribution < 1.29 is 14.5 Å². The van der Waals surface area contributed by atoms with E-state index in [1.54, 1.807) is 11.3 Å². The Hall–Kier alpha value is -1.99. The number of para-hydroxylation sites is 1. The molecule has 0 bridgehead atoms. The van der Waals surface area contributed by atoms with Gasteiger partial charge in [0.1, 0.15) is 0 Å². The zero-order chi connectivity index (χ0) is 20.1. The summed E-state index contributed by atoms with van der Waals surface area (Å²) in [6, 6.07) is 8.33. The number of piperidine rings is 1. The summed E-state index contributed by atoms with van der Waals surface area (Å²) in [5.74, 6) is 0.454. The van der Waals surface area contributed by atoms with E-state index in [1.807, 2.05) is 43.9 Å². The van der Waals surface area contributed by atoms with Crippen molar-refractivity contribution >= 4 is 33.4 Å². The van der Waals surface area contributed by atoms with Gasteiger partial charge in [0.2, 0.25) is 0 Å². The molecule has 0 saturated carbocycles. The summed E-state index contributed by atoms with van der Waals surface area (Å²) in [6.07, 6.45) is 2.08. The third kappa shape index (κ3) is 5.29. The quantitative estimate of drug-likeness (QED) is 0.735. The number of nitrogens with one attached hydrogen (secondary N) is 2. The van der Waals surface area contributed by atoms with E-state index in [2.05, 4.69) is 11.4 Å². The molecule has 2 aromatic rings. The molecule has 1 aromatic carbocycles. The number of rotatable bonds is 7. The van der Waals surface area contributed by atoms with Crippen LogP contribution in [0.15, 0.2) is 24.3 Å². The molecule has 152 valence electrons. The van der Waals surface area contributed by atoms with Crippen molar-refractivity contribution in [2.45, 2.75) is 45.6 Å². The average Bonchev–Trinajstić information content (AvgIpc) is 3.11. The number of likely N-dealkylation sites (tertiary alicyclic amines) is 1. The van der Waals surface area contributed by atoms with Gasteiger partial charge in [-0.2, -0.15) is 0 Å². The topological polar surface area (TPSA) is 66.7 Å². The molecular formula is C21H31N4O2S+. The Morgan fingerprint density at radius 2 is 2.11 bits per heavy atom. The van der Waals surface area contributed by atoms with Crippen LogP contribution in [0.4, 0.5) is 0 Å². The number of quaternary nitrogens is 1. The van der Waals surface area contributed by atoms with Crippen LogP contribution in [0, 0.1) is 0 Å². The van der Waals surface area contributed by atoms with Gasteiger partial charge < -0.3 is 15.1 Å². The summed E-state index contributed by atoms with van der Waals surface area (Å²) in [5, 5.41) is 4.04. The number of nitrogens with zero attached hydrogens (tertiary/aromatic N) is 2. The van der Waals surface area contributed by atoms with Crippen LogP contribution in [0.3, 0.4) is 0 Å². The highest BCUT2D eigenvalue weighted by molar-refractivity contribution is 7.18. The standard InChI is InChI=1S/C21H30N4O2S/c1-4-24(13-19(26)22-15(2)3)14-20(27)25-11-7-8-16(12-25)21-23-17-9-5-6-10-18(17)28-21/h5-6,9-10,15-16H,4,7-8,11-14H2,1-3H3,(H,22,26)/p+1/t16-/m0/s1. The maximum Gasteiger partial charge on any atom is 0.277 e. The Kier molecular flexibility index (Phi) is 7.02. The van der Waals surface area contributed by atoms with E-state index in [-0.39, 0.29) is 17.9 Å². The van der Waals surface area contributed by atoms with Gasteiger partial charge in [-0.3, -0.25) is 9.59 Å². The number of benzene rings is 1. The van der Waals surface area contributed by atoms with Gasteiger partial charge in [0, 0.05) is 25.0 Å². The van der Waals surface area contributed by atoms with Crippen LogP contribution in [0.2, 0.25) is 0 Å². The minimum atomic E-state index is 0.00523. The van der Waals surface area contributed by atoms with Crippen LogP contribution in [-0.2, 0) is 9.59 Å². The van der Waals surface area contributed by atoms with Crippen molar-refractivity contribution in [1.29, 1.82) is 0 Å². The Morgan fingerprint density at radius 1 is 1.32 bits per heavy atom. The predicted molar refractivity (Wildman–Crippen MR) is 113 cm³/mol. The Morgan fingerprint density at radius 3 is 2.82 bits per heavy atom. The second-order valence-corrected chi connectivity index (χ2v) is 8.94. The third-order valence-electron chi connectivity index (χ3n) is 5.20. The molecule has 1 unspecified atom stereocenters. The second kappa shape index (κ2) is 9.47. The lowest BCUT2D eigenvalue weighted by molar-refractivity contribution is -0.882. The van der Waals surface area contributed by atoms with Crippen molar-refractivity contribution in [3.63, 3.8) is 0 Å². The highest BCUT2D eigenvalue weighted by atomic mass is 32.1. The molecule has 6 nitrogen and oxygen atoms in total. The van der Waals surface area contributed by atoms with Gasteiger partial charge >= 0.3 is 0 Å². The maximum atomic E-state index is 12.9. The van der Waals surface area contributed by atoms with Gasteiger partial charge in [0.25, 0.3) is 11.8 Å². The van der Waals surface area contributed by atoms with Crippen LogP contribution >= 0.6 is 11.3 Å². The van der Waals surface area contributed by atoms with Crippen molar-refractivity contribution in [3.8, 4) is 0 Å². The highest BCUT2D eigenvalue weighted by Crippen LogP contribution is 2.32. The first kappa shape index (κ1) is 20.7. The van der Waals surface area contributed by atoms with E-state index >= 15 is 0 Å². The third-order valence-corrected chi connectivity index (χ3v) is 6.39. The van der Waals surface area contributed by atoms with Gasteiger partial charge in [0.15, 0.2) is 13.1 Å². The minimum Gasteiger partial charge on any atom is -0.349 e. The smallest absolute Gasteiger partial charge is 0.277 e. The molecular weight excluding hydrogens is 372 g/mol. The molecule has 7 heteroatoms. The van der Waals surface area contributed by atoms with Gasteiger partial charge in [-0.25, -0.2) is 4.98 Å². The summed E-state index contributed by atoms with van der Waals surface area (Å²) >= 11 is 1.74. The second-order valence-electron chi connectivity index (χ2n) is 7.88. The first-order valence-corrected chi connectivity index (χ1v) is 11.0. The molecule has 2 atom stereocenters. The number of fused-ring (bicyclic) bond motifs is 1. The largest absolute Gasteiger partial charge is 0.349 e. The zero-order valence-corrected chi connectivity index (χ0v) is 17.8. The fourth-order valence-corrected chi connectivity index (χ4v) is 4.80. The summed E-state index contributed by atoms with van der Waals surface area (Å²) in [5.41, 5.74) is 1.05. The highest BCUT2D eigenvalue weighted by Gasteiger charge is 2.29. The molecule has 3 rings (SSSR count). The molecule has 1 aliphatic rings. The SMILES string of the molecule is CC[NH+](CC(=O)NC(C)C)CC(=O)N1CCC[C@H](c2nc3ccccc3s2)C1. The van der Waals surface area contributed by atoms with Crippen molar-refractivity contribution in [2.75, 3.05) is 32.7 Å². The number of carbonyl (C=O) groups is 2. The van der Waals surface area contributed by atoms with Crippen molar-refractivity contribution in [2.24, 2.45) is 0 Å². The first-order valence-electron chi connectivity index (χ1n) is 10.2. The minimum absolute atomic E-state index is 0.00523. The Balaban J connectivity index is 1.59. The van der Waals surface area contributed by atoms with Crippen LogP contribution in [0.5, 0.6) is 0 Å². The fourth-order valence-electron chi connectivity index (χ4n) is 3.71. The van der Waals surface area contributed by atoms with E-state index in [0.717, 1.165) is 47.9 Å². The van der Waals surface area contributed by atoms with Gasteiger partial charge in [-0.15, -0.1) is 11.3 Å². The van der Waals surface area contributed by atoms with Crippen LogP contribution in [-0.4, -0.2) is 60.5 Å². The molecule has 2 N–H and O–H groups in total. The van der Waals surface area contributed by atoms with Gasteiger partial charge in [-0.1, -0.05) is 12.1 Å². The lowest BCUT2D eigenvalue weighted by Gasteiger charge is -2.32. The average molecular weight is 404 g/mol. The number of likely N-dealkylation sites (N-methyl/N-ethyl adjacent to an activating group) is 1.